The summed E-state index contributed by atoms with van der Waals surface area (Å²) in [5.74, 6) is 0.580. The number of carbonyl (C=O) groups is 2. The zero-order valence-corrected chi connectivity index (χ0v) is 19.6. The third kappa shape index (κ3) is 4.88. The topological polar surface area (TPSA) is 165 Å². The lowest BCUT2D eigenvalue weighted by Crippen LogP contribution is -2.48. The van der Waals surface area contributed by atoms with Gasteiger partial charge in [0.2, 0.25) is 5.91 Å². The number of carboxylic acid groups (broad SMARTS) is 1. The van der Waals surface area contributed by atoms with Gasteiger partial charge in [0.15, 0.2) is 0 Å². The Morgan fingerprint density at radius 3 is 3.00 bits per heavy atom. The Kier molecular flexibility index (Phi) is 6.47. The predicted molar refractivity (Wildman–Crippen MR) is 132 cm³/mol. The van der Waals surface area contributed by atoms with Gasteiger partial charge in [-0.15, -0.1) is 11.3 Å². The molecule has 35 heavy (non-hydrogen) atoms. The summed E-state index contributed by atoms with van der Waals surface area (Å²) in [6.45, 7) is 0.164. The number of aromatic nitrogens is 4. The minimum atomic E-state index is -1.29. The van der Waals surface area contributed by atoms with Crippen LogP contribution in [0.2, 0.25) is 0 Å². The maximum atomic E-state index is 12.4. The molecule has 1 unspecified atom stereocenters. The lowest BCUT2D eigenvalue weighted by atomic mass is 9.87. The number of aromatic amines is 1. The number of anilines is 2. The molecule has 12 heteroatoms. The number of rotatable bonds is 8. The predicted octanol–water partition coefficient (Wildman–Crippen LogP) is 2.55. The van der Waals surface area contributed by atoms with E-state index in [4.69, 9.17) is 10.2 Å². The van der Waals surface area contributed by atoms with Gasteiger partial charge in [-0.25, -0.2) is 14.8 Å². The summed E-state index contributed by atoms with van der Waals surface area (Å²) in [7, 11) is 0. The third-order valence-corrected chi connectivity index (χ3v) is 7.41. The van der Waals surface area contributed by atoms with Crippen molar-refractivity contribution < 1.29 is 19.8 Å². The first-order valence-corrected chi connectivity index (χ1v) is 12.2. The van der Waals surface area contributed by atoms with Gasteiger partial charge in [0.05, 0.1) is 17.1 Å². The van der Waals surface area contributed by atoms with Gasteiger partial charge in [-0.1, -0.05) is 0 Å². The van der Waals surface area contributed by atoms with Crippen LogP contribution >= 0.6 is 11.3 Å². The standard InChI is InChI=1S/C23H25N7O4S/c31-6-5-17(29-23(33)34)21(32)24-9-12-1-3-15-18(7-12)35-22-19(15)20(25-11-26-22)28-14-2-4-16-13(8-14)10-27-30-16/h2,4,8,10-12,17,29,31H,1,3,5-7,9H2,(H,24,32)(H,27,30)(H,33,34)(H,25,26,28)/t12?,17-/m1/s1. The molecule has 1 aliphatic carbocycles. The molecule has 1 aromatic carbocycles. The quantitative estimate of drug-likeness (QED) is 0.217. The molecule has 6 N–H and O–H groups in total. The highest BCUT2D eigenvalue weighted by Gasteiger charge is 2.27. The molecular weight excluding hydrogens is 470 g/mol. The Bertz CT molecular complexity index is 1380. The summed E-state index contributed by atoms with van der Waals surface area (Å²) in [6.07, 6.45) is 4.61. The molecular formula is C23H25N7O4S. The number of aliphatic hydroxyl groups excluding tert-OH is 1. The number of benzene rings is 1. The fourth-order valence-electron chi connectivity index (χ4n) is 4.52. The smallest absolute Gasteiger partial charge is 0.405 e. The Labute approximate surface area is 204 Å². The number of nitrogens with one attached hydrogen (secondary N) is 4. The van der Waals surface area contributed by atoms with E-state index < -0.39 is 18.0 Å². The number of hydrogen-bond donors (Lipinski definition) is 6. The van der Waals surface area contributed by atoms with Crippen molar-refractivity contribution in [3.8, 4) is 0 Å². The molecule has 0 fully saturated rings. The second kappa shape index (κ2) is 9.84. The molecule has 2 amide bonds. The average molecular weight is 496 g/mol. The molecule has 0 radical (unpaired) electrons. The summed E-state index contributed by atoms with van der Waals surface area (Å²) < 4.78 is 0. The van der Waals surface area contributed by atoms with E-state index in [1.807, 2.05) is 18.2 Å². The maximum Gasteiger partial charge on any atom is 0.405 e. The van der Waals surface area contributed by atoms with E-state index >= 15 is 0 Å². The molecule has 0 saturated heterocycles. The van der Waals surface area contributed by atoms with Gasteiger partial charge in [0.1, 0.15) is 23.0 Å². The van der Waals surface area contributed by atoms with E-state index in [1.54, 1.807) is 23.9 Å². The van der Waals surface area contributed by atoms with Gasteiger partial charge >= 0.3 is 6.09 Å². The van der Waals surface area contributed by atoms with E-state index in [9.17, 15) is 9.59 Å². The molecule has 5 rings (SSSR count). The lowest BCUT2D eigenvalue weighted by molar-refractivity contribution is -0.123. The number of amides is 2. The van der Waals surface area contributed by atoms with Crippen molar-refractivity contribution in [3.63, 3.8) is 0 Å². The van der Waals surface area contributed by atoms with Gasteiger partial charge in [-0.2, -0.15) is 5.10 Å². The van der Waals surface area contributed by atoms with Crippen LogP contribution in [-0.4, -0.2) is 61.6 Å². The molecule has 4 aromatic rings. The maximum absolute atomic E-state index is 12.4. The molecule has 0 aliphatic heterocycles. The first-order valence-electron chi connectivity index (χ1n) is 11.3. The summed E-state index contributed by atoms with van der Waals surface area (Å²) >= 11 is 1.65. The van der Waals surface area contributed by atoms with Gasteiger partial charge in [0, 0.05) is 29.1 Å². The second-order valence-corrected chi connectivity index (χ2v) is 9.66. The first-order chi connectivity index (χ1) is 17.0. The normalized spacial score (nSPS) is 16.1. The van der Waals surface area contributed by atoms with Crippen LogP contribution in [0.4, 0.5) is 16.3 Å². The van der Waals surface area contributed by atoms with Gasteiger partial charge in [-0.3, -0.25) is 9.89 Å². The van der Waals surface area contributed by atoms with E-state index in [0.29, 0.717) is 6.54 Å². The first kappa shape index (κ1) is 23.0. The Hall–Kier alpha value is -3.77. The van der Waals surface area contributed by atoms with Crippen molar-refractivity contribution in [3.05, 3.63) is 41.2 Å². The minimum absolute atomic E-state index is 0.0330. The third-order valence-electron chi connectivity index (χ3n) is 6.25. The van der Waals surface area contributed by atoms with Crippen molar-refractivity contribution in [1.82, 2.24) is 30.8 Å². The van der Waals surface area contributed by atoms with Gasteiger partial charge in [0.25, 0.3) is 0 Å². The van der Waals surface area contributed by atoms with Crippen molar-refractivity contribution in [1.29, 1.82) is 0 Å². The molecule has 0 spiro atoms. The van der Waals surface area contributed by atoms with Crippen LogP contribution in [0.1, 0.15) is 23.3 Å². The zero-order chi connectivity index (χ0) is 24.4. The van der Waals surface area contributed by atoms with Crippen LogP contribution in [-0.2, 0) is 17.6 Å². The van der Waals surface area contributed by atoms with Crippen molar-refractivity contribution in [2.75, 3.05) is 18.5 Å². The van der Waals surface area contributed by atoms with Gasteiger partial charge < -0.3 is 26.2 Å². The molecule has 182 valence electrons. The monoisotopic (exact) mass is 495 g/mol. The Balaban J connectivity index is 1.30. The van der Waals surface area contributed by atoms with E-state index in [1.165, 1.54) is 10.4 Å². The summed E-state index contributed by atoms with van der Waals surface area (Å²) in [5, 5.41) is 35.5. The fraction of sp³-hybridized carbons (Fsp3) is 0.348. The number of hydrogen-bond acceptors (Lipinski definition) is 8. The minimum Gasteiger partial charge on any atom is -0.465 e. The van der Waals surface area contributed by atoms with Crippen molar-refractivity contribution >= 4 is 56.0 Å². The number of nitrogens with zero attached hydrogens (tertiary/aromatic N) is 3. The highest BCUT2D eigenvalue weighted by Crippen LogP contribution is 2.40. The summed E-state index contributed by atoms with van der Waals surface area (Å²) in [4.78, 5) is 34.5. The van der Waals surface area contributed by atoms with E-state index in [0.717, 1.165) is 51.9 Å². The second-order valence-electron chi connectivity index (χ2n) is 8.57. The Morgan fingerprint density at radius 1 is 1.29 bits per heavy atom. The van der Waals surface area contributed by atoms with E-state index in [2.05, 4.69) is 36.1 Å². The van der Waals surface area contributed by atoms with Crippen LogP contribution in [0.5, 0.6) is 0 Å². The number of H-pyrrole nitrogens is 1. The van der Waals surface area contributed by atoms with Crippen molar-refractivity contribution in [2.24, 2.45) is 5.92 Å². The SMILES string of the molecule is O=C(O)N[C@H](CCO)C(=O)NCC1CCc2c(sc3ncnc(Nc4ccc5[nH]ncc5c4)c23)C1. The highest BCUT2D eigenvalue weighted by atomic mass is 32.1. The van der Waals surface area contributed by atoms with Gasteiger partial charge in [-0.05, 0) is 55.4 Å². The molecule has 3 heterocycles. The summed E-state index contributed by atoms with van der Waals surface area (Å²) in [6, 6.07) is 5.01. The van der Waals surface area contributed by atoms with Crippen molar-refractivity contribution in [2.45, 2.75) is 31.7 Å². The Morgan fingerprint density at radius 2 is 2.17 bits per heavy atom. The lowest BCUT2D eigenvalue weighted by Gasteiger charge is -2.24. The highest BCUT2D eigenvalue weighted by molar-refractivity contribution is 7.19. The molecule has 1 aliphatic rings. The number of aryl methyl sites for hydroxylation is 1. The largest absolute Gasteiger partial charge is 0.465 e. The molecule has 11 nitrogen and oxygen atoms in total. The molecule has 0 saturated carbocycles. The van der Waals surface area contributed by atoms with Crippen LogP contribution < -0.4 is 16.0 Å². The fourth-order valence-corrected chi connectivity index (χ4v) is 5.82. The van der Waals surface area contributed by atoms with Crippen LogP contribution in [0, 0.1) is 5.92 Å². The molecule has 3 aromatic heterocycles. The van der Waals surface area contributed by atoms with Crippen LogP contribution in [0.25, 0.3) is 21.1 Å². The van der Waals surface area contributed by atoms with Crippen LogP contribution in [0.15, 0.2) is 30.7 Å². The molecule has 2 atom stereocenters. The zero-order valence-electron chi connectivity index (χ0n) is 18.7. The van der Waals surface area contributed by atoms with Crippen LogP contribution in [0.3, 0.4) is 0 Å². The number of thiophene rings is 1. The number of carbonyl (C=O) groups excluding carboxylic acids is 1. The average Bonchev–Trinajstić information content (AvgIpc) is 3.46. The number of fused-ring (bicyclic) bond motifs is 4. The number of aliphatic hydroxyl groups is 1. The summed E-state index contributed by atoms with van der Waals surface area (Å²) in [5.41, 5.74) is 3.13. The molecule has 0 bridgehead atoms. The van der Waals surface area contributed by atoms with E-state index in [-0.39, 0.29) is 18.9 Å².